The van der Waals surface area contributed by atoms with E-state index in [1.54, 1.807) is 48.5 Å². The first-order chi connectivity index (χ1) is 15.5. The zero-order valence-electron chi connectivity index (χ0n) is 18.6. The second-order valence-corrected chi connectivity index (χ2v) is 7.17. The number of benzene rings is 2. The Balaban J connectivity index is 1.72. The van der Waals surface area contributed by atoms with Gasteiger partial charge in [-0.1, -0.05) is 0 Å². The quantitative estimate of drug-likeness (QED) is 0.244. The maximum atomic E-state index is 12.7. The van der Waals surface area contributed by atoms with Crippen LogP contribution in [0.15, 0.2) is 48.5 Å². The highest BCUT2D eigenvalue weighted by Gasteiger charge is 2.09. The van der Waals surface area contributed by atoms with Crippen molar-refractivity contribution in [1.29, 1.82) is 0 Å². The van der Waals surface area contributed by atoms with E-state index in [0.717, 1.165) is 25.7 Å². The highest BCUT2D eigenvalue weighted by atomic mass is 16.5. The van der Waals surface area contributed by atoms with Gasteiger partial charge in [0.15, 0.2) is 5.78 Å². The summed E-state index contributed by atoms with van der Waals surface area (Å²) in [5.41, 5.74) is 1.15. The van der Waals surface area contributed by atoms with Crippen LogP contribution in [-0.2, 0) is 19.1 Å². The van der Waals surface area contributed by atoms with Crippen LogP contribution in [0.25, 0.3) is 0 Å². The molecule has 0 heterocycles. The number of hydrogen-bond donors (Lipinski definition) is 0. The summed E-state index contributed by atoms with van der Waals surface area (Å²) in [5, 5.41) is 0. The zero-order chi connectivity index (χ0) is 23.2. The number of carbonyl (C=O) groups is 3. The van der Waals surface area contributed by atoms with E-state index in [1.807, 2.05) is 0 Å². The van der Waals surface area contributed by atoms with Crippen molar-refractivity contribution < 1.29 is 33.3 Å². The van der Waals surface area contributed by atoms with Crippen molar-refractivity contribution >= 4 is 17.7 Å². The highest BCUT2D eigenvalue weighted by Crippen LogP contribution is 2.18. The predicted octanol–water partition coefficient (Wildman–Crippen LogP) is 4.36. The van der Waals surface area contributed by atoms with E-state index in [4.69, 9.17) is 18.9 Å². The summed E-state index contributed by atoms with van der Waals surface area (Å²) in [6, 6.07) is 14.0. The van der Waals surface area contributed by atoms with E-state index in [0.29, 0.717) is 49.1 Å². The molecule has 0 saturated heterocycles. The van der Waals surface area contributed by atoms with Crippen LogP contribution in [0.3, 0.4) is 0 Å². The summed E-state index contributed by atoms with van der Waals surface area (Å²) in [7, 11) is 0. The first kappa shape index (κ1) is 24.9. The Morgan fingerprint density at radius 3 is 1.25 bits per heavy atom. The van der Waals surface area contributed by atoms with Gasteiger partial charge in [0.05, 0.1) is 26.4 Å². The van der Waals surface area contributed by atoms with Gasteiger partial charge in [0.1, 0.15) is 11.5 Å². The molecule has 0 aliphatic rings. The van der Waals surface area contributed by atoms with Crippen LogP contribution < -0.4 is 9.47 Å². The van der Waals surface area contributed by atoms with Crippen molar-refractivity contribution in [3.63, 3.8) is 0 Å². The lowest BCUT2D eigenvalue weighted by Gasteiger charge is -2.08. The monoisotopic (exact) mass is 442 g/mol. The average Bonchev–Trinajstić information content (AvgIpc) is 2.78. The molecule has 0 fully saturated rings. The Morgan fingerprint density at radius 2 is 0.906 bits per heavy atom. The smallest absolute Gasteiger partial charge is 0.302 e. The van der Waals surface area contributed by atoms with Gasteiger partial charge in [-0.2, -0.15) is 0 Å². The van der Waals surface area contributed by atoms with Gasteiger partial charge in [-0.15, -0.1) is 0 Å². The summed E-state index contributed by atoms with van der Waals surface area (Å²) < 4.78 is 21.0. The van der Waals surface area contributed by atoms with Crippen molar-refractivity contribution in [1.82, 2.24) is 0 Å². The molecule has 0 atom stereocenters. The molecule has 0 amide bonds. The lowest BCUT2D eigenvalue weighted by Crippen LogP contribution is -2.05. The van der Waals surface area contributed by atoms with Crippen LogP contribution in [0.1, 0.15) is 55.5 Å². The summed E-state index contributed by atoms with van der Waals surface area (Å²) in [6.45, 7) is 4.59. The Kier molecular flexibility index (Phi) is 10.8. The van der Waals surface area contributed by atoms with Crippen molar-refractivity contribution in [2.24, 2.45) is 0 Å². The first-order valence-electron chi connectivity index (χ1n) is 10.7. The van der Waals surface area contributed by atoms with Crippen molar-refractivity contribution in [2.75, 3.05) is 26.4 Å². The van der Waals surface area contributed by atoms with Gasteiger partial charge in [-0.25, -0.2) is 0 Å². The molecule has 2 rings (SSSR count). The van der Waals surface area contributed by atoms with E-state index in [-0.39, 0.29) is 17.7 Å². The molecule has 0 aromatic heterocycles. The Bertz CT molecular complexity index is 785. The summed E-state index contributed by atoms with van der Waals surface area (Å²) in [6.07, 6.45) is 3.03. The molecule has 0 spiro atoms. The fourth-order valence-corrected chi connectivity index (χ4v) is 2.79. The van der Waals surface area contributed by atoms with Gasteiger partial charge in [-0.3, -0.25) is 14.4 Å². The Morgan fingerprint density at radius 1 is 0.562 bits per heavy atom. The second kappa shape index (κ2) is 13.9. The van der Waals surface area contributed by atoms with Gasteiger partial charge in [0.2, 0.25) is 0 Å². The largest absolute Gasteiger partial charge is 0.494 e. The second-order valence-electron chi connectivity index (χ2n) is 7.17. The van der Waals surface area contributed by atoms with Crippen LogP contribution in [0.4, 0.5) is 0 Å². The Labute approximate surface area is 188 Å². The number of carbonyl (C=O) groups excluding carboxylic acids is 3. The lowest BCUT2D eigenvalue weighted by molar-refractivity contribution is -0.142. The molecule has 0 N–H and O–H groups in total. The standard InChI is InChI=1S/C25H30O7/c1-19(26)29-15-3-5-17-31-23-11-7-21(8-12-23)25(28)22-9-13-24(14-10-22)32-18-6-4-16-30-20(2)27/h7-14H,3-6,15-18H2,1-2H3. The zero-order valence-corrected chi connectivity index (χ0v) is 18.6. The van der Waals surface area contributed by atoms with Gasteiger partial charge in [-0.05, 0) is 74.2 Å². The molecule has 7 nitrogen and oxygen atoms in total. The Hall–Kier alpha value is -3.35. The molecular formula is C25H30O7. The molecule has 0 saturated carbocycles. The van der Waals surface area contributed by atoms with Crippen molar-refractivity contribution in [2.45, 2.75) is 39.5 Å². The number of ketones is 1. The van der Waals surface area contributed by atoms with E-state index < -0.39 is 0 Å². The maximum absolute atomic E-state index is 12.7. The molecule has 0 radical (unpaired) electrons. The number of hydrogen-bond acceptors (Lipinski definition) is 7. The molecule has 172 valence electrons. The molecule has 0 bridgehead atoms. The van der Waals surface area contributed by atoms with Gasteiger partial charge in [0.25, 0.3) is 0 Å². The topological polar surface area (TPSA) is 88.1 Å². The lowest BCUT2D eigenvalue weighted by atomic mass is 10.0. The number of ether oxygens (including phenoxy) is 4. The summed E-state index contributed by atoms with van der Waals surface area (Å²) in [4.78, 5) is 34.1. The van der Waals surface area contributed by atoms with Crippen molar-refractivity contribution in [3.05, 3.63) is 59.7 Å². The van der Waals surface area contributed by atoms with Crippen LogP contribution in [0, 0.1) is 0 Å². The minimum Gasteiger partial charge on any atom is -0.494 e. The molecule has 32 heavy (non-hydrogen) atoms. The molecule has 2 aromatic carbocycles. The summed E-state index contributed by atoms with van der Waals surface area (Å²) >= 11 is 0. The van der Waals surface area contributed by atoms with Crippen molar-refractivity contribution in [3.8, 4) is 11.5 Å². The van der Waals surface area contributed by atoms with Crippen LogP contribution >= 0.6 is 0 Å². The maximum Gasteiger partial charge on any atom is 0.302 e. The van der Waals surface area contributed by atoms with Crippen LogP contribution in [0.2, 0.25) is 0 Å². The number of rotatable bonds is 14. The molecular weight excluding hydrogens is 412 g/mol. The molecule has 0 aliphatic heterocycles. The molecule has 2 aromatic rings. The minimum atomic E-state index is -0.277. The number of unbranched alkanes of at least 4 members (excludes halogenated alkanes) is 2. The predicted molar refractivity (Wildman–Crippen MR) is 119 cm³/mol. The van der Waals surface area contributed by atoms with Gasteiger partial charge < -0.3 is 18.9 Å². The van der Waals surface area contributed by atoms with Crippen LogP contribution in [-0.4, -0.2) is 44.1 Å². The van der Waals surface area contributed by atoms with Crippen LogP contribution in [0.5, 0.6) is 11.5 Å². The number of esters is 2. The fourth-order valence-electron chi connectivity index (χ4n) is 2.79. The third-order valence-electron chi connectivity index (χ3n) is 4.46. The third-order valence-corrected chi connectivity index (χ3v) is 4.46. The molecule has 0 unspecified atom stereocenters. The van der Waals surface area contributed by atoms with E-state index >= 15 is 0 Å². The van der Waals surface area contributed by atoms with Gasteiger partial charge in [0, 0.05) is 25.0 Å². The van der Waals surface area contributed by atoms with Gasteiger partial charge >= 0.3 is 11.9 Å². The van der Waals surface area contributed by atoms with E-state index in [9.17, 15) is 14.4 Å². The fraction of sp³-hybridized carbons (Fsp3) is 0.400. The third kappa shape index (κ3) is 9.64. The normalized spacial score (nSPS) is 10.3. The minimum absolute atomic E-state index is 0.0779. The van der Waals surface area contributed by atoms with E-state index in [1.165, 1.54) is 13.8 Å². The molecule has 7 heteroatoms. The van der Waals surface area contributed by atoms with E-state index in [2.05, 4.69) is 0 Å². The SMILES string of the molecule is CC(=O)OCCCCOc1ccc(C(=O)c2ccc(OCCCCOC(C)=O)cc2)cc1. The highest BCUT2D eigenvalue weighted by molar-refractivity contribution is 6.09. The molecule has 0 aliphatic carbocycles. The first-order valence-corrected chi connectivity index (χ1v) is 10.7. The average molecular weight is 443 g/mol. The summed E-state index contributed by atoms with van der Waals surface area (Å²) in [5.74, 6) is 0.742.